The van der Waals surface area contributed by atoms with Gasteiger partial charge in [0.1, 0.15) is 18.1 Å². The van der Waals surface area contributed by atoms with E-state index < -0.39 is 53.8 Å². The third-order valence-electron chi connectivity index (χ3n) is 5.09. The molecule has 0 fully saturated rings. The van der Waals surface area contributed by atoms with Crippen molar-refractivity contribution in [1.82, 2.24) is 16.0 Å². The van der Waals surface area contributed by atoms with Crippen molar-refractivity contribution < 1.29 is 29.1 Å². The quantitative estimate of drug-likeness (QED) is 0.0442. The first-order chi connectivity index (χ1) is 17.4. The lowest BCUT2D eigenvalue weighted by Crippen LogP contribution is -2.57. The van der Waals surface area contributed by atoms with Gasteiger partial charge in [0.05, 0.1) is 6.04 Å². The number of nitrogens with one attached hydrogen (secondary N) is 3. The summed E-state index contributed by atoms with van der Waals surface area (Å²) in [5.41, 5.74) is 21.7. The standard InChI is InChI=1S/C21H40N8O6S2/c1-36-10-7-12(22)17(31)27-13(4-3-9-26-21(24)25)18(32)28-14(8-11-37-2)19(33)29-15(20(34)35)5-6-16(23)30/h12-15H,3-11,22H2,1-2H3,(H2,23,30)(H,27,31)(H,28,32)(H,29,33)(H,34,35)(H4,24,25,26). The summed E-state index contributed by atoms with van der Waals surface area (Å²) in [5, 5.41) is 17.0. The van der Waals surface area contributed by atoms with Crippen LogP contribution in [0.1, 0.15) is 38.5 Å². The zero-order chi connectivity index (χ0) is 28.4. The predicted molar refractivity (Wildman–Crippen MR) is 146 cm³/mol. The number of amides is 4. The van der Waals surface area contributed by atoms with Gasteiger partial charge in [-0.15, -0.1) is 0 Å². The SMILES string of the molecule is CSCCC(N)C(=O)NC(CCCN=C(N)N)C(=O)NC(CCSC)C(=O)NC(CCC(N)=O)C(=O)O. The molecule has 4 atom stereocenters. The smallest absolute Gasteiger partial charge is 0.326 e. The Hall–Kier alpha value is -2.72. The number of nitrogens with zero attached hydrogens (tertiary/aromatic N) is 1. The first kappa shape index (κ1) is 34.3. The average molecular weight is 565 g/mol. The van der Waals surface area contributed by atoms with Gasteiger partial charge in [0.25, 0.3) is 0 Å². The van der Waals surface area contributed by atoms with Gasteiger partial charge in [0, 0.05) is 13.0 Å². The Morgan fingerprint density at radius 2 is 1.30 bits per heavy atom. The summed E-state index contributed by atoms with van der Waals surface area (Å²) in [6, 6.07) is -4.30. The molecule has 0 aromatic rings. The first-order valence-electron chi connectivity index (χ1n) is 11.6. The number of rotatable bonds is 20. The number of aliphatic imine (C=N–C) groups is 1. The molecule has 0 radical (unpaired) electrons. The molecule has 212 valence electrons. The maximum atomic E-state index is 13.1. The molecule has 0 aliphatic heterocycles. The zero-order valence-corrected chi connectivity index (χ0v) is 22.9. The molecular weight excluding hydrogens is 524 g/mol. The highest BCUT2D eigenvalue weighted by molar-refractivity contribution is 7.98. The Kier molecular flexibility index (Phi) is 18.0. The van der Waals surface area contributed by atoms with Gasteiger partial charge in [0.2, 0.25) is 23.6 Å². The van der Waals surface area contributed by atoms with Crippen molar-refractivity contribution in [3.8, 4) is 0 Å². The van der Waals surface area contributed by atoms with E-state index in [0.717, 1.165) is 0 Å². The molecule has 0 aliphatic carbocycles. The maximum absolute atomic E-state index is 13.1. The van der Waals surface area contributed by atoms with E-state index in [1.807, 2.05) is 12.5 Å². The fourth-order valence-electron chi connectivity index (χ4n) is 3.02. The summed E-state index contributed by atoms with van der Waals surface area (Å²) in [5.74, 6) is -2.90. The molecule has 0 aromatic carbocycles. The minimum absolute atomic E-state index is 0.109. The largest absolute Gasteiger partial charge is 0.480 e. The number of carboxylic acid groups (broad SMARTS) is 1. The molecule has 0 aliphatic rings. The number of hydrogen-bond donors (Lipinski definition) is 8. The molecule has 12 N–H and O–H groups in total. The summed E-state index contributed by atoms with van der Waals surface area (Å²) in [7, 11) is 0. The van der Waals surface area contributed by atoms with E-state index in [2.05, 4.69) is 20.9 Å². The van der Waals surface area contributed by atoms with E-state index in [1.165, 1.54) is 23.5 Å². The second kappa shape index (κ2) is 19.4. The minimum Gasteiger partial charge on any atom is -0.480 e. The first-order valence-corrected chi connectivity index (χ1v) is 14.4. The Morgan fingerprint density at radius 1 is 0.784 bits per heavy atom. The molecular formula is C21H40N8O6S2. The number of carbonyl (C=O) groups excluding carboxylic acids is 4. The lowest BCUT2D eigenvalue weighted by atomic mass is 10.1. The number of guanidine groups is 1. The van der Waals surface area contributed by atoms with Crippen LogP contribution in [0, 0.1) is 0 Å². The Labute approximate surface area is 225 Å². The summed E-state index contributed by atoms with van der Waals surface area (Å²) in [4.78, 5) is 65.0. The van der Waals surface area contributed by atoms with Gasteiger partial charge in [-0.1, -0.05) is 0 Å². The number of hydrogen-bond acceptors (Lipinski definition) is 9. The van der Waals surface area contributed by atoms with Gasteiger partial charge in [-0.05, 0) is 56.1 Å². The molecule has 37 heavy (non-hydrogen) atoms. The van der Waals surface area contributed by atoms with Crippen LogP contribution in [0.25, 0.3) is 0 Å². The van der Waals surface area contributed by atoms with E-state index >= 15 is 0 Å². The lowest BCUT2D eigenvalue weighted by molar-refractivity contribution is -0.142. The van der Waals surface area contributed by atoms with Gasteiger partial charge < -0.3 is 44.0 Å². The Bertz CT molecular complexity index is 797. The molecule has 4 amide bonds. The molecule has 0 saturated carbocycles. The van der Waals surface area contributed by atoms with Crippen LogP contribution in [-0.4, -0.2) is 95.4 Å². The number of carboxylic acids is 1. The highest BCUT2D eigenvalue weighted by atomic mass is 32.2. The van der Waals surface area contributed by atoms with Crippen LogP contribution in [0.15, 0.2) is 4.99 Å². The van der Waals surface area contributed by atoms with Crippen molar-refractivity contribution in [2.75, 3.05) is 30.6 Å². The van der Waals surface area contributed by atoms with Crippen molar-refractivity contribution in [1.29, 1.82) is 0 Å². The van der Waals surface area contributed by atoms with Crippen molar-refractivity contribution in [2.24, 2.45) is 27.9 Å². The van der Waals surface area contributed by atoms with Crippen LogP contribution >= 0.6 is 23.5 Å². The van der Waals surface area contributed by atoms with E-state index in [1.54, 1.807) is 0 Å². The summed E-state index contributed by atoms with van der Waals surface area (Å²) >= 11 is 2.96. The highest BCUT2D eigenvalue weighted by Crippen LogP contribution is 2.07. The molecule has 16 heteroatoms. The Balaban J connectivity index is 5.55. The summed E-state index contributed by atoms with van der Waals surface area (Å²) in [6.07, 6.45) is 4.39. The Morgan fingerprint density at radius 3 is 1.81 bits per heavy atom. The molecule has 0 aromatic heterocycles. The minimum atomic E-state index is -1.36. The van der Waals surface area contributed by atoms with Crippen LogP contribution in [0.3, 0.4) is 0 Å². The second-order valence-electron chi connectivity index (χ2n) is 8.15. The van der Waals surface area contributed by atoms with Gasteiger partial charge in [-0.2, -0.15) is 23.5 Å². The number of primary amides is 1. The lowest BCUT2D eigenvalue weighted by Gasteiger charge is -2.25. The predicted octanol–water partition coefficient (Wildman–Crippen LogP) is -2.32. The molecule has 0 saturated heterocycles. The van der Waals surface area contributed by atoms with E-state index in [-0.39, 0.29) is 38.2 Å². The van der Waals surface area contributed by atoms with Crippen molar-refractivity contribution >= 4 is 59.1 Å². The fraction of sp³-hybridized carbons (Fsp3) is 0.714. The molecule has 0 bridgehead atoms. The van der Waals surface area contributed by atoms with Crippen molar-refractivity contribution in [3.63, 3.8) is 0 Å². The van der Waals surface area contributed by atoms with E-state index in [0.29, 0.717) is 24.3 Å². The molecule has 14 nitrogen and oxygen atoms in total. The van der Waals surface area contributed by atoms with Crippen LogP contribution in [-0.2, 0) is 24.0 Å². The monoisotopic (exact) mass is 564 g/mol. The number of thioether (sulfide) groups is 2. The number of carbonyl (C=O) groups is 5. The van der Waals surface area contributed by atoms with Gasteiger partial charge in [-0.25, -0.2) is 4.79 Å². The molecule has 0 rings (SSSR count). The van der Waals surface area contributed by atoms with Crippen LogP contribution in [0.5, 0.6) is 0 Å². The van der Waals surface area contributed by atoms with Crippen LogP contribution in [0.2, 0.25) is 0 Å². The molecule has 0 heterocycles. The summed E-state index contributed by atoms with van der Waals surface area (Å²) < 4.78 is 0. The van der Waals surface area contributed by atoms with Crippen LogP contribution in [0.4, 0.5) is 0 Å². The number of nitrogens with two attached hydrogens (primary N) is 4. The van der Waals surface area contributed by atoms with Crippen molar-refractivity contribution in [2.45, 2.75) is 62.7 Å². The van der Waals surface area contributed by atoms with E-state index in [4.69, 9.17) is 22.9 Å². The third-order valence-corrected chi connectivity index (χ3v) is 6.37. The summed E-state index contributed by atoms with van der Waals surface area (Å²) in [6.45, 7) is 0.219. The van der Waals surface area contributed by atoms with Gasteiger partial charge in [0.15, 0.2) is 5.96 Å². The maximum Gasteiger partial charge on any atom is 0.326 e. The van der Waals surface area contributed by atoms with Gasteiger partial charge in [-0.3, -0.25) is 24.2 Å². The van der Waals surface area contributed by atoms with Crippen LogP contribution < -0.4 is 38.9 Å². The van der Waals surface area contributed by atoms with Gasteiger partial charge >= 0.3 is 5.97 Å². The molecule has 0 spiro atoms. The average Bonchev–Trinajstić information content (AvgIpc) is 2.83. The topological polar surface area (TPSA) is 258 Å². The van der Waals surface area contributed by atoms with Crippen molar-refractivity contribution in [3.05, 3.63) is 0 Å². The number of aliphatic carboxylic acids is 1. The zero-order valence-electron chi connectivity index (χ0n) is 21.2. The second-order valence-corrected chi connectivity index (χ2v) is 10.1. The van der Waals surface area contributed by atoms with E-state index in [9.17, 15) is 29.1 Å². The third kappa shape index (κ3) is 15.9. The fourth-order valence-corrected chi connectivity index (χ4v) is 3.98. The highest BCUT2D eigenvalue weighted by Gasteiger charge is 2.30. The normalized spacial score (nSPS) is 13.9. The molecule has 4 unspecified atom stereocenters.